The van der Waals surface area contributed by atoms with E-state index in [2.05, 4.69) is 20.9 Å². The monoisotopic (exact) mass is 334 g/mol. The summed E-state index contributed by atoms with van der Waals surface area (Å²) in [4.78, 5) is 21.4. The lowest BCUT2D eigenvalue weighted by atomic mass is 10.3. The summed E-state index contributed by atoms with van der Waals surface area (Å²) in [5.74, 6) is -0.273. The van der Waals surface area contributed by atoms with Gasteiger partial charge in [-0.3, -0.25) is 9.63 Å². The highest BCUT2D eigenvalue weighted by atomic mass is 79.9. The molecule has 0 aromatic carbocycles. The standard InChI is InChI=1S/C10H8BrClN2O2S/c1-14(16-2)10(15)8-6(12)5-3-4-13-9(11)7(5)17-8/h3-4H,1-2H3. The normalized spacial score (nSPS) is 10.8. The van der Waals surface area contributed by atoms with E-state index in [0.29, 0.717) is 14.5 Å². The Labute approximate surface area is 115 Å². The van der Waals surface area contributed by atoms with Crippen LogP contribution in [0.25, 0.3) is 10.1 Å². The van der Waals surface area contributed by atoms with Gasteiger partial charge in [-0.05, 0) is 22.0 Å². The zero-order valence-electron chi connectivity index (χ0n) is 9.03. The van der Waals surface area contributed by atoms with Gasteiger partial charge in [-0.1, -0.05) is 11.6 Å². The highest BCUT2D eigenvalue weighted by molar-refractivity contribution is 9.10. The first-order valence-electron chi connectivity index (χ1n) is 4.61. The van der Waals surface area contributed by atoms with Gasteiger partial charge in [0.2, 0.25) is 0 Å². The van der Waals surface area contributed by atoms with Gasteiger partial charge >= 0.3 is 0 Å². The molecule has 17 heavy (non-hydrogen) atoms. The third-order valence-corrected chi connectivity index (χ3v) is 4.82. The Morgan fingerprint density at radius 3 is 2.94 bits per heavy atom. The van der Waals surface area contributed by atoms with Crippen LogP contribution in [-0.2, 0) is 4.84 Å². The molecule has 0 aliphatic rings. The zero-order valence-corrected chi connectivity index (χ0v) is 12.2. The van der Waals surface area contributed by atoms with Gasteiger partial charge in [-0.25, -0.2) is 10.0 Å². The molecule has 0 radical (unpaired) electrons. The first-order chi connectivity index (χ1) is 8.06. The molecule has 0 aliphatic carbocycles. The molecule has 2 heterocycles. The molecular weight excluding hydrogens is 328 g/mol. The van der Waals surface area contributed by atoms with Crippen molar-refractivity contribution in [3.8, 4) is 0 Å². The van der Waals surface area contributed by atoms with Crippen LogP contribution in [0.4, 0.5) is 0 Å². The minimum Gasteiger partial charge on any atom is -0.274 e. The first kappa shape index (κ1) is 12.8. The zero-order chi connectivity index (χ0) is 12.6. The van der Waals surface area contributed by atoms with Crippen LogP contribution >= 0.6 is 38.9 Å². The number of aromatic nitrogens is 1. The summed E-state index contributed by atoms with van der Waals surface area (Å²) in [7, 11) is 2.97. The Balaban J connectivity index is 2.60. The lowest BCUT2D eigenvalue weighted by Gasteiger charge is -2.12. The number of fused-ring (bicyclic) bond motifs is 1. The maximum atomic E-state index is 12.0. The second kappa shape index (κ2) is 4.89. The van der Waals surface area contributed by atoms with E-state index in [1.165, 1.54) is 25.5 Å². The van der Waals surface area contributed by atoms with Crippen molar-refractivity contribution in [2.24, 2.45) is 0 Å². The van der Waals surface area contributed by atoms with Crippen LogP contribution in [0.3, 0.4) is 0 Å². The SMILES string of the molecule is CON(C)C(=O)c1sc2c(Br)nccc2c1Cl. The first-order valence-corrected chi connectivity index (χ1v) is 6.59. The average molecular weight is 336 g/mol. The number of pyridine rings is 1. The molecule has 2 aromatic rings. The Kier molecular flexibility index (Phi) is 3.67. The van der Waals surface area contributed by atoms with Gasteiger partial charge < -0.3 is 0 Å². The second-order valence-corrected chi connectivity index (χ2v) is 5.36. The Morgan fingerprint density at radius 1 is 1.65 bits per heavy atom. The summed E-state index contributed by atoms with van der Waals surface area (Å²) in [5.41, 5.74) is 0. The molecule has 0 spiro atoms. The van der Waals surface area contributed by atoms with Gasteiger partial charge in [-0.2, -0.15) is 0 Å². The van der Waals surface area contributed by atoms with Gasteiger partial charge in [0.15, 0.2) is 0 Å². The number of nitrogens with zero attached hydrogens (tertiary/aromatic N) is 2. The van der Waals surface area contributed by atoms with Crippen LogP contribution in [-0.4, -0.2) is 30.1 Å². The number of carbonyl (C=O) groups excluding carboxylic acids is 1. The van der Waals surface area contributed by atoms with E-state index in [4.69, 9.17) is 16.4 Å². The van der Waals surface area contributed by atoms with E-state index < -0.39 is 0 Å². The van der Waals surface area contributed by atoms with Crippen molar-refractivity contribution in [2.45, 2.75) is 0 Å². The number of hydrogen-bond acceptors (Lipinski definition) is 4. The van der Waals surface area contributed by atoms with Gasteiger partial charge in [0.1, 0.15) is 9.48 Å². The minimum atomic E-state index is -0.273. The van der Waals surface area contributed by atoms with E-state index in [1.54, 1.807) is 12.3 Å². The van der Waals surface area contributed by atoms with Gasteiger partial charge in [-0.15, -0.1) is 11.3 Å². The number of rotatable bonds is 2. The van der Waals surface area contributed by atoms with E-state index in [1.807, 2.05) is 0 Å². The molecule has 0 bridgehead atoms. The van der Waals surface area contributed by atoms with Crippen LogP contribution in [0.1, 0.15) is 9.67 Å². The highest BCUT2D eigenvalue weighted by Crippen LogP contribution is 2.38. The summed E-state index contributed by atoms with van der Waals surface area (Å²) in [6.45, 7) is 0. The topological polar surface area (TPSA) is 42.4 Å². The summed E-state index contributed by atoms with van der Waals surface area (Å²) in [6.07, 6.45) is 1.64. The number of thiophene rings is 1. The van der Waals surface area contributed by atoms with Crippen molar-refractivity contribution in [1.82, 2.24) is 10.0 Å². The Hall–Kier alpha value is -0.690. The van der Waals surface area contributed by atoms with E-state index >= 15 is 0 Å². The molecule has 90 valence electrons. The highest BCUT2D eigenvalue weighted by Gasteiger charge is 2.21. The smallest absolute Gasteiger partial charge is 0.274 e. The predicted molar refractivity (Wildman–Crippen MR) is 71.4 cm³/mol. The fourth-order valence-corrected chi connectivity index (χ4v) is 3.35. The van der Waals surface area contributed by atoms with Crippen molar-refractivity contribution >= 4 is 54.9 Å². The summed E-state index contributed by atoms with van der Waals surface area (Å²) >= 11 is 10.8. The number of hydrogen-bond donors (Lipinski definition) is 0. The fourth-order valence-electron chi connectivity index (χ4n) is 1.33. The van der Waals surface area contributed by atoms with Crippen molar-refractivity contribution in [3.05, 3.63) is 26.8 Å². The van der Waals surface area contributed by atoms with Crippen LogP contribution in [0.2, 0.25) is 5.02 Å². The molecular formula is C10H8BrClN2O2S. The van der Waals surface area contributed by atoms with E-state index in [0.717, 1.165) is 15.1 Å². The molecule has 4 nitrogen and oxygen atoms in total. The molecule has 2 aromatic heterocycles. The molecule has 0 aliphatic heterocycles. The van der Waals surface area contributed by atoms with Crippen LogP contribution < -0.4 is 0 Å². The summed E-state index contributed by atoms with van der Waals surface area (Å²) in [5, 5.41) is 2.38. The van der Waals surface area contributed by atoms with Crippen LogP contribution in [0, 0.1) is 0 Å². The molecule has 0 fully saturated rings. The number of hydroxylamine groups is 2. The largest absolute Gasteiger partial charge is 0.288 e. The number of carbonyl (C=O) groups is 1. The van der Waals surface area contributed by atoms with Crippen LogP contribution in [0.5, 0.6) is 0 Å². The summed E-state index contributed by atoms with van der Waals surface area (Å²) in [6, 6.07) is 1.78. The number of halogens is 2. The average Bonchev–Trinajstić information content (AvgIpc) is 2.67. The van der Waals surface area contributed by atoms with Gasteiger partial charge in [0.05, 0.1) is 16.8 Å². The molecule has 0 saturated carbocycles. The molecule has 0 N–H and O–H groups in total. The van der Waals surface area contributed by atoms with Crippen LogP contribution in [0.15, 0.2) is 16.9 Å². The van der Waals surface area contributed by atoms with Crippen molar-refractivity contribution in [2.75, 3.05) is 14.2 Å². The van der Waals surface area contributed by atoms with Crippen molar-refractivity contribution < 1.29 is 9.63 Å². The van der Waals surface area contributed by atoms with E-state index in [-0.39, 0.29) is 5.91 Å². The maximum absolute atomic E-state index is 12.0. The maximum Gasteiger partial charge on any atom is 0.288 e. The quantitative estimate of drug-likeness (QED) is 0.624. The third-order valence-electron chi connectivity index (χ3n) is 2.26. The van der Waals surface area contributed by atoms with Gasteiger partial charge in [0.25, 0.3) is 5.91 Å². The molecule has 0 atom stereocenters. The fraction of sp³-hybridized carbons (Fsp3) is 0.200. The lowest BCUT2D eigenvalue weighted by Crippen LogP contribution is -2.24. The van der Waals surface area contributed by atoms with Crippen molar-refractivity contribution in [1.29, 1.82) is 0 Å². The third kappa shape index (κ3) is 2.18. The summed E-state index contributed by atoms with van der Waals surface area (Å²) < 4.78 is 1.53. The Morgan fingerprint density at radius 2 is 2.35 bits per heavy atom. The van der Waals surface area contributed by atoms with Crippen molar-refractivity contribution in [3.63, 3.8) is 0 Å². The molecule has 0 unspecified atom stereocenters. The minimum absolute atomic E-state index is 0.273. The van der Waals surface area contributed by atoms with E-state index in [9.17, 15) is 4.79 Å². The predicted octanol–water partition coefficient (Wildman–Crippen LogP) is 3.35. The molecule has 7 heteroatoms. The Bertz CT molecular complexity index is 587. The second-order valence-electron chi connectivity index (χ2n) is 3.21. The molecule has 0 saturated heterocycles. The van der Waals surface area contributed by atoms with Gasteiger partial charge in [0, 0.05) is 18.6 Å². The number of amides is 1. The molecule has 2 rings (SSSR count). The lowest BCUT2D eigenvalue weighted by molar-refractivity contribution is -0.0753. The molecule has 1 amide bonds.